The van der Waals surface area contributed by atoms with E-state index in [1.165, 1.54) is 109 Å². The summed E-state index contributed by atoms with van der Waals surface area (Å²) in [6, 6.07) is 7.65. The number of carbonyl (C=O) groups is 4. The number of hydrogen-bond donors (Lipinski definition) is 6. The molecule has 1 aliphatic heterocycles. The Hall–Kier alpha value is -3.40. The van der Waals surface area contributed by atoms with E-state index < -0.39 is 73.3 Å². The van der Waals surface area contributed by atoms with Crippen LogP contribution in [0.1, 0.15) is 210 Å². The van der Waals surface area contributed by atoms with Crippen molar-refractivity contribution in [3.63, 3.8) is 0 Å². The van der Waals surface area contributed by atoms with Gasteiger partial charge in [0.05, 0.1) is 24.8 Å². The predicted octanol–water partition coefficient (Wildman–Crippen LogP) is 10.2. The lowest BCUT2D eigenvalue weighted by molar-refractivity contribution is -0.311. The Labute approximate surface area is 408 Å². The third kappa shape index (κ3) is 27.1. The van der Waals surface area contributed by atoms with E-state index in [1.54, 1.807) is 36.4 Å². The molecule has 0 unspecified atom stereocenters. The molecule has 2 rings (SSSR count). The predicted molar refractivity (Wildman–Crippen MR) is 264 cm³/mol. The maximum absolute atomic E-state index is 13.7. The van der Waals surface area contributed by atoms with E-state index in [1.807, 2.05) is 6.08 Å². The Bertz CT molecular complexity index is 1460. The van der Waals surface area contributed by atoms with Crippen molar-refractivity contribution < 1.29 is 63.7 Å². The average Bonchev–Trinajstić information content (AvgIpc) is 3.33. The number of aliphatic carboxylic acids is 2. The standard InChI is InChI=1S/C54H91NO13/c1-3-5-7-9-11-13-15-17-19-21-23-25-30-37-45(67-53(64)42-34-28-27-29-35-42)44(55-47(57)38-31-26-24-22-20-18-16-14-12-10-8-6-4-2)41-66-54-50(49(59)48(58)46(40-56)68-54)65-39-33-32-36-43(51(60)61)52(62)63/h27-30,34-35,37,43-46,48-50,54,56,58-59H,3-26,31-33,36,38-41H2,1-2H3,(H,55,57)(H,60,61)(H,62,63)/b37-30+/t44-,45+,46+,48-,49-,50+,54+/m0/s1. The quantitative estimate of drug-likeness (QED) is 0.0156. The number of carboxylic acids is 2. The topological polar surface area (TPSA) is 218 Å². The molecule has 390 valence electrons. The number of carboxylic acid groups (broad SMARTS) is 2. The molecule has 7 atom stereocenters. The lowest BCUT2D eigenvalue weighted by Gasteiger charge is -2.42. The van der Waals surface area contributed by atoms with E-state index in [2.05, 4.69) is 19.2 Å². The normalized spacial score (nSPS) is 19.3. The number of aliphatic hydroxyl groups is 3. The van der Waals surface area contributed by atoms with Gasteiger partial charge in [-0.3, -0.25) is 14.4 Å². The van der Waals surface area contributed by atoms with Crippen molar-refractivity contribution in [2.24, 2.45) is 5.92 Å². The molecule has 1 amide bonds. The Morgan fingerprint density at radius 3 is 1.69 bits per heavy atom. The SMILES string of the molecule is CCCCCCCCCCCCC/C=C/[C@@H](OC(=O)c1ccccc1)[C@H](CO[C@@H]1O[C@H](CO)[C@H](O)[C@H](O)[C@H]1OCCCCC(C(=O)O)C(=O)O)NC(=O)CCCCCCCCCCCCCCC. The molecule has 1 aromatic carbocycles. The van der Waals surface area contributed by atoms with Gasteiger partial charge in [-0.15, -0.1) is 0 Å². The smallest absolute Gasteiger partial charge is 0.338 e. The van der Waals surface area contributed by atoms with E-state index in [0.29, 0.717) is 12.0 Å². The molecule has 1 aromatic rings. The number of allylic oxidation sites excluding steroid dienone is 1. The summed E-state index contributed by atoms with van der Waals surface area (Å²) >= 11 is 0. The highest BCUT2D eigenvalue weighted by Gasteiger charge is 2.46. The van der Waals surface area contributed by atoms with E-state index in [4.69, 9.17) is 18.9 Å². The number of ether oxygens (including phenoxy) is 4. The Balaban J connectivity index is 2.17. The average molecular weight is 962 g/mol. The van der Waals surface area contributed by atoms with Gasteiger partial charge < -0.3 is 49.8 Å². The maximum Gasteiger partial charge on any atom is 0.338 e. The molecular weight excluding hydrogens is 871 g/mol. The fraction of sp³-hybridized carbons (Fsp3) is 0.778. The van der Waals surface area contributed by atoms with Crippen LogP contribution in [-0.2, 0) is 33.3 Å². The van der Waals surface area contributed by atoms with Crippen molar-refractivity contribution in [3.05, 3.63) is 48.0 Å². The van der Waals surface area contributed by atoms with Crippen LogP contribution < -0.4 is 5.32 Å². The summed E-state index contributed by atoms with van der Waals surface area (Å²) in [5, 5.41) is 53.5. The van der Waals surface area contributed by atoms with E-state index in [0.717, 1.165) is 44.9 Å². The van der Waals surface area contributed by atoms with Crippen LogP contribution >= 0.6 is 0 Å². The zero-order chi connectivity index (χ0) is 49.6. The van der Waals surface area contributed by atoms with Gasteiger partial charge in [0.1, 0.15) is 30.5 Å². The summed E-state index contributed by atoms with van der Waals surface area (Å²) in [7, 11) is 0. The first-order valence-corrected chi connectivity index (χ1v) is 26.6. The number of amides is 1. The molecule has 0 radical (unpaired) electrons. The molecule has 1 fully saturated rings. The summed E-state index contributed by atoms with van der Waals surface area (Å²) in [5.74, 6) is -5.29. The molecule has 0 spiro atoms. The van der Waals surface area contributed by atoms with Crippen molar-refractivity contribution in [1.29, 1.82) is 0 Å². The summed E-state index contributed by atoms with van der Waals surface area (Å²) in [6.45, 7) is 3.49. The highest BCUT2D eigenvalue weighted by Crippen LogP contribution is 2.26. The summed E-state index contributed by atoms with van der Waals surface area (Å²) in [6.07, 6.45) is 25.7. The van der Waals surface area contributed by atoms with Gasteiger partial charge in [-0.2, -0.15) is 0 Å². The van der Waals surface area contributed by atoms with Gasteiger partial charge in [-0.25, -0.2) is 4.79 Å². The number of hydrogen-bond acceptors (Lipinski definition) is 11. The molecule has 1 aliphatic rings. The summed E-state index contributed by atoms with van der Waals surface area (Å²) < 4.78 is 24.2. The van der Waals surface area contributed by atoms with Gasteiger partial charge in [0.15, 0.2) is 12.2 Å². The van der Waals surface area contributed by atoms with Crippen LogP contribution in [0, 0.1) is 5.92 Å². The van der Waals surface area contributed by atoms with Crippen molar-refractivity contribution in [1.82, 2.24) is 5.32 Å². The molecule has 1 heterocycles. The van der Waals surface area contributed by atoms with E-state index in [-0.39, 0.29) is 44.8 Å². The molecule has 14 nitrogen and oxygen atoms in total. The molecule has 1 saturated heterocycles. The fourth-order valence-electron chi connectivity index (χ4n) is 8.57. The molecule has 68 heavy (non-hydrogen) atoms. The Kier molecular flexibility index (Phi) is 35.1. The first-order valence-electron chi connectivity index (χ1n) is 26.6. The van der Waals surface area contributed by atoms with Crippen LogP contribution in [0.15, 0.2) is 42.5 Å². The number of rotatable bonds is 43. The van der Waals surface area contributed by atoms with Crippen molar-refractivity contribution in [2.75, 3.05) is 19.8 Å². The van der Waals surface area contributed by atoms with E-state index in [9.17, 15) is 44.7 Å². The molecule has 0 aromatic heterocycles. The van der Waals surface area contributed by atoms with Crippen molar-refractivity contribution in [2.45, 2.75) is 243 Å². The lowest BCUT2D eigenvalue weighted by Crippen LogP contribution is -2.61. The Morgan fingerprint density at radius 1 is 0.662 bits per heavy atom. The van der Waals surface area contributed by atoms with Gasteiger partial charge in [0, 0.05) is 13.0 Å². The number of carbonyl (C=O) groups excluding carboxylic acids is 2. The molecule has 0 bridgehead atoms. The monoisotopic (exact) mass is 962 g/mol. The second-order valence-corrected chi connectivity index (χ2v) is 18.8. The first-order chi connectivity index (χ1) is 33.0. The molecule has 0 aliphatic carbocycles. The minimum absolute atomic E-state index is 0.0637. The van der Waals surface area contributed by atoms with Crippen molar-refractivity contribution in [3.8, 4) is 0 Å². The zero-order valence-corrected chi connectivity index (χ0v) is 41.8. The van der Waals surface area contributed by atoms with Crippen molar-refractivity contribution >= 4 is 23.8 Å². The maximum atomic E-state index is 13.7. The molecular formula is C54H91NO13. The van der Waals surface area contributed by atoms with Crippen LogP contribution in [-0.4, -0.2) is 112 Å². The molecule has 6 N–H and O–H groups in total. The van der Waals surface area contributed by atoms with Crippen LogP contribution in [0.5, 0.6) is 0 Å². The van der Waals surface area contributed by atoms with Gasteiger partial charge in [0.2, 0.25) is 5.91 Å². The van der Waals surface area contributed by atoms with Crippen LogP contribution in [0.25, 0.3) is 0 Å². The zero-order valence-electron chi connectivity index (χ0n) is 41.8. The fourth-order valence-corrected chi connectivity index (χ4v) is 8.57. The molecule has 14 heteroatoms. The number of benzene rings is 1. The minimum atomic E-state index is -1.57. The number of nitrogens with one attached hydrogen (secondary N) is 1. The highest BCUT2D eigenvalue weighted by molar-refractivity contribution is 5.92. The van der Waals surface area contributed by atoms with Crippen LogP contribution in [0.3, 0.4) is 0 Å². The molecule has 0 saturated carbocycles. The number of aliphatic hydroxyl groups excluding tert-OH is 3. The van der Waals surface area contributed by atoms with Crippen LogP contribution in [0.2, 0.25) is 0 Å². The van der Waals surface area contributed by atoms with Crippen LogP contribution in [0.4, 0.5) is 0 Å². The first kappa shape index (κ1) is 60.7. The summed E-state index contributed by atoms with van der Waals surface area (Å²) in [5.41, 5.74) is 0.333. The lowest BCUT2D eigenvalue weighted by atomic mass is 9.99. The second kappa shape index (κ2) is 39.3. The second-order valence-electron chi connectivity index (χ2n) is 18.8. The largest absolute Gasteiger partial charge is 0.481 e. The van der Waals surface area contributed by atoms with Gasteiger partial charge in [0.25, 0.3) is 0 Å². The van der Waals surface area contributed by atoms with Gasteiger partial charge >= 0.3 is 17.9 Å². The number of esters is 1. The third-order valence-corrected chi connectivity index (χ3v) is 12.9. The third-order valence-electron chi connectivity index (χ3n) is 12.9. The van der Waals surface area contributed by atoms with E-state index >= 15 is 0 Å². The highest BCUT2D eigenvalue weighted by atomic mass is 16.7. The summed E-state index contributed by atoms with van der Waals surface area (Å²) in [4.78, 5) is 50.0. The Morgan fingerprint density at radius 2 is 1.18 bits per heavy atom. The number of unbranched alkanes of at least 4 members (excludes halogenated alkanes) is 24. The van der Waals surface area contributed by atoms with Gasteiger partial charge in [-0.05, 0) is 56.7 Å². The minimum Gasteiger partial charge on any atom is -0.481 e. The van der Waals surface area contributed by atoms with Gasteiger partial charge in [-0.1, -0.05) is 179 Å².